The van der Waals surface area contributed by atoms with Crippen molar-refractivity contribution in [3.8, 4) is 0 Å². The molecule has 0 spiro atoms. The smallest absolute Gasteiger partial charge is 0.412 e. The van der Waals surface area contributed by atoms with Gasteiger partial charge in [-0.15, -0.1) is 0 Å². The van der Waals surface area contributed by atoms with Gasteiger partial charge in [-0.1, -0.05) is 55.6 Å². The van der Waals surface area contributed by atoms with E-state index in [1.807, 2.05) is 27.7 Å². The lowest BCUT2D eigenvalue weighted by molar-refractivity contribution is 0.154. The Kier molecular flexibility index (Phi) is 7.53. The van der Waals surface area contributed by atoms with Gasteiger partial charge in [-0.2, -0.15) is 0 Å². The van der Waals surface area contributed by atoms with Gasteiger partial charge in [0, 0.05) is 22.9 Å². The van der Waals surface area contributed by atoms with Crippen molar-refractivity contribution in [2.24, 2.45) is 16.1 Å². The van der Waals surface area contributed by atoms with Gasteiger partial charge in [0.2, 0.25) is 3.79 Å². The van der Waals surface area contributed by atoms with Crippen molar-refractivity contribution in [3.63, 3.8) is 0 Å². The Morgan fingerprint density at radius 2 is 2.00 bits per heavy atom. The van der Waals surface area contributed by atoms with Gasteiger partial charge in [-0.25, -0.2) is 9.79 Å². The number of allylic oxidation sites excluding steroid dienone is 1. The van der Waals surface area contributed by atoms with E-state index in [0.29, 0.717) is 11.4 Å². The highest BCUT2D eigenvalue weighted by Crippen LogP contribution is 2.26. The zero-order valence-corrected chi connectivity index (χ0v) is 16.7. The summed E-state index contributed by atoms with van der Waals surface area (Å²) in [4.78, 5) is 20.4. The number of pyridine rings is 1. The maximum Gasteiger partial charge on any atom is 0.412 e. The number of nitrogens with zero attached hydrogens (tertiary/aromatic N) is 2. The molecular weight excluding hydrogens is 387 g/mol. The molecule has 1 aromatic rings. The van der Waals surface area contributed by atoms with Gasteiger partial charge in [0.1, 0.15) is 12.4 Å². The van der Waals surface area contributed by atoms with Crippen molar-refractivity contribution in [1.82, 2.24) is 10.3 Å². The average Bonchev–Trinajstić information content (AvgIpc) is 2.45. The molecule has 0 fully saturated rings. The Balaban J connectivity index is 3.03. The summed E-state index contributed by atoms with van der Waals surface area (Å²) in [6, 6.07) is 3.56. The van der Waals surface area contributed by atoms with Gasteiger partial charge in [0.15, 0.2) is 0 Å². The van der Waals surface area contributed by atoms with E-state index in [2.05, 4.69) is 15.3 Å². The molecule has 9 heteroatoms. The zero-order chi connectivity index (χ0) is 19.3. The molecule has 0 atom stereocenters. The predicted molar refractivity (Wildman–Crippen MR) is 103 cm³/mol. The Labute approximate surface area is 162 Å². The summed E-state index contributed by atoms with van der Waals surface area (Å²) in [5, 5.41) is 2.48. The highest BCUT2D eigenvalue weighted by molar-refractivity contribution is 6.67. The number of aryl methyl sites for hydroxylation is 1. The fraction of sp³-hybridized carbons (Fsp3) is 0.438. The lowest BCUT2D eigenvalue weighted by atomic mass is 9.92. The number of ether oxygens (including phenoxy) is 1. The second-order valence-electron chi connectivity index (χ2n) is 6.32. The fourth-order valence-electron chi connectivity index (χ4n) is 1.41. The molecule has 25 heavy (non-hydrogen) atoms. The molecule has 0 aliphatic rings. The lowest BCUT2D eigenvalue weighted by Gasteiger charge is -2.19. The maximum absolute atomic E-state index is 11.9. The molecule has 0 bridgehead atoms. The van der Waals surface area contributed by atoms with Crippen LogP contribution in [0.1, 0.15) is 26.5 Å². The van der Waals surface area contributed by atoms with E-state index in [1.165, 1.54) is 0 Å². The minimum absolute atomic E-state index is 0.187. The van der Waals surface area contributed by atoms with Crippen molar-refractivity contribution in [3.05, 3.63) is 35.8 Å². The number of alkyl carbamates (subject to hydrolysis) is 1. The predicted octanol–water partition coefficient (Wildman–Crippen LogP) is 4.41. The van der Waals surface area contributed by atoms with Crippen LogP contribution in [0.5, 0.6) is 0 Å². The molecule has 1 rings (SSSR count). The highest BCUT2D eigenvalue weighted by atomic mass is 35.6. The second-order valence-corrected chi connectivity index (χ2v) is 8.84. The molecule has 138 valence electrons. The first-order valence-corrected chi connectivity index (χ1v) is 8.50. The number of hydrogen-bond acceptors (Lipinski definition) is 5. The minimum Gasteiger partial charge on any atom is -0.445 e. The zero-order valence-electron chi connectivity index (χ0n) is 14.4. The van der Waals surface area contributed by atoms with Crippen LogP contribution in [-0.4, -0.2) is 27.3 Å². The van der Waals surface area contributed by atoms with E-state index in [0.717, 1.165) is 5.69 Å². The van der Waals surface area contributed by atoms with Crippen LogP contribution in [0.25, 0.3) is 0 Å². The van der Waals surface area contributed by atoms with E-state index in [9.17, 15) is 4.79 Å². The first kappa shape index (κ1) is 21.5. The number of amidine groups is 1. The summed E-state index contributed by atoms with van der Waals surface area (Å²) in [6.45, 7) is 7.26. The van der Waals surface area contributed by atoms with E-state index >= 15 is 0 Å². The third-order valence-electron chi connectivity index (χ3n) is 2.90. The molecular formula is C16H21Cl3N4O2. The summed E-state index contributed by atoms with van der Waals surface area (Å²) in [5.41, 5.74) is 7.66. The van der Waals surface area contributed by atoms with Crippen LogP contribution in [0.2, 0.25) is 0 Å². The number of hydrogen-bond donors (Lipinski definition) is 2. The fourth-order valence-corrected chi connectivity index (χ4v) is 1.58. The van der Waals surface area contributed by atoms with Gasteiger partial charge in [0.25, 0.3) is 0 Å². The third kappa shape index (κ3) is 8.95. The van der Waals surface area contributed by atoms with E-state index in [-0.39, 0.29) is 11.3 Å². The van der Waals surface area contributed by atoms with Crippen molar-refractivity contribution < 1.29 is 9.53 Å². The topological polar surface area (TPSA) is 89.6 Å². The molecule has 1 heterocycles. The molecule has 3 N–H and O–H groups in total. The molecule has 0 radical (unpaired) electrons. The number of carbonyl (C=O) groups excluding carboxylic acids is 1. The van der Waals surface area contributed by atoms with Crippen LogP contribution >= 0.6 is 34.8 Å². The highest BCUT2D eigenvalue weighted by Gasteiger charge is 2.22. The van der Waals surface area contributed by atoms with Gasteiger partial charge < -0.3 is 10.5 Å². The van der Waals surface area contributed by atoms with Crippen LogP contribution in [-0.2, 0) is 4.74 Å². The number of rotatable bonds is 3. The van der Waals surface area contributed by atoms with Crippen molar-refractivity contribution in [2.75, 3.05) is 6.61 Å². The summed E-state index contributed by atoms with van der Waals surface area (Å²) < 4.78 is 3.15. The Morgan fingerprint density at radius 3 is 2.48 bits per heavy atom. The van der Waals surface area contributed by atoms with Gasteiger partial charge in [0.05, 0.1) is 11.9 Å². The van der Waals surface area contributed by atoms with Crippen molar-refractivity contribution >= 4 is 52.4 Å². The minimum atomic E-state index is -1.70. The van der Waals surface area contributed by atoms with Crippen LogP contribution in [0.15, 0.2) is 35.1 Å². The third-order valence-corrected chi connectivity index (χ3v) is 3.23. The monoisotopic (exact) mass is 406 g/mol. The first-order valence-electron chi connectivity index (χ1n) is 7.36. The molecule has 0 aromatic carbocycles. The maximum atomic E-state index is 11.9. The molecule has 1 aromatic heterocycles. The quantitative estimate of drug-likeness (QED) is 0.441. The SMILES string of the molecule is Cc1ccc(N=C(/C=C(\N)C(C)(C)C)NC(=O)OCC(Cl)(Cl)Cl)cn1. The number of aliphatic imine (C=N–C) groups is 1. The number of halogens is 3. The normalized spacial score (nSPS) is 13.6. The van der Waals surface area contributed by atoms with Crippen molar-refractivity contribution in [1.29, 1.82) is 0 Å². The second kappa shape index (κ2) is 8.74. The number of aromatic nitrogens is 1. The summed E-state index contributed by atoms with van der Waals surface area (Å²) in [6.07, 6.45) is 2.31. The summed E-state index contributed by atoms with van der Waals surface area (Å²) in [5.74, 6) is 0.187. The Bertz CT molecular complexity index is 659. The number of nitrogens with one attached hydrogen (secondary N) is 1. The summed E-state index contributed by atoms with van der Waals surface area (Å²) >= 11 is 16.7. The lowest BCUT2D eigenvalue weighted by Crippen LogP contribution is -2.33. The Morgan fingerprint density at radius 1 is 1.36 bits per heavy atom. The van der Waals surface area contributed by atoms with Crippen LogP contribution in [0.3, 0.4) is 0 Å². The molecule has 0 aliphatic heterocycles. The summed E-state index contributed by atoms with van der Waals surface area (Å²) in [7, 11) is 0. The van der Waals surface area contributed by atoms with E-state index in [4.69, 9.17) is 45.3 Å². The average molecular weight is 408 g/mol. The number of carbonyl (C=O) groups is 1. The van der Waals surface area contributed by atoms with E-state index < -0.39 is 16.5 Å². The number of nitrogens with two attached hydrogens (primary N) is 1. The number of amides is 1. The van der Waals surface area contributed by atoms with E-state index in [1.54, 1.807) is 24.4 Å². The van der Waals surface area contributed by atoms with Gasteiger partial charge >= 0.3 is 6.09 Å². The van der Waals surface area contributed by atoms with Crippen LogP contribution < -0.4 is 11.1 Å². The van der Waals surface area contributed by atoms with Crippen molar-refractivity contribution in [2.45, 2.75) is 31.5 Å². The molecule has 6 nitrogen and oxygen atoms in total. The molecule has 0 saturated carbocycles. The molecule has 0 saturated heterocycles. The van der Waals surface area contributed by atoms with Gasteiger partial charge in [-0.3, -0.25) is 10.3 Å². The van der Waals surface area contributed by atoms with Crippen LogP contribution in [0, 0.1) is 12.3 Å². The molecule has 0 aliphatic carbocycles. The van der Waals surface area contributed by atoms with Crippen LogP contribution in [0.4, 0.5) is 10.5 Å². The number of alkyl halides is 3. The molecule has 0 unspecified atom stereocenters. The first-order chi connectivity index (χ1) is 11.4. The largest absolute Gasteiger partial charge is 0.445 e. The Hall–Kier alpha value is -1.50. The van der Waals surface area contributed by atoms with Gasteiger partial charge in [-0.05, 0) is 19.1 Å². The standard InChI is InChI=1S/C16H21Cl3N4O2/c1-10-5-6-11(8-21-10)22-13(7-12(20)15(2,3)4)23-14(24)25-9-16(17,18)19/h5-8H,9,20H2,1-4H3,(H,22,23,24)/b12-7-. The molecule has 1 amide bonds.